The molecule has 1 saturated carbocycles. The third-order valence-corrected chi connectivity index (χ3v) is 5.97. The fourth-order valence-electron chi connectivity index (χ4n) is 3.86. The zero-order chi connectivity index (χ0) is 21.6. The smallest absolute Gasteiger partial charge is 0.255 e. The molecule has 0 spiro atoms. The van der Waals surface area contributed by atoms with Crippen LogP contribution in [0.3, 0.4) is 0 Å². The summed E-state index contributed by atoms with van der Waals surface area (Å²) in [6.07, 6.45) is 4.02. The van der Waals surface area contributed by atoms with Crippen molar-refractivity contribution in [3.63, 3.8) is 0 Å². The van der Waals surface area contributed by atoms with Crippen LogP contribution in [0.5, 0.6) is 17.2 Å². The van der Waals surface area contributed by atoms with Crippen molar-refractivity contribution in [1.29, 1.82) is 0 Å². The van der Waals surface area contributed by atoms with Crippen molar-refractivity contribution < 1.29 is 19.0 Å². The number of likely N-dealkylation sites (tertiary alicyclic amines) is 1. The lowest BCUT2D eigenvalue weighted by atomic mass is 10.1. The molecule has 0 aromatic heterocycles. The number of benzene rings is 2. The molecule has 1 aliphatic heterocycles. The second kappa shape index (κ2) is 10.1. The molecule has 1 saturated heterocycles. The van der Waals surface area contributed by atoms with Gasteiger partial charge in [0.1, 0.15) is 30.0 Å². The standard InChI is InChI=1S/C25H32N2O4/c1-18(17-30-20-6-4-3-5-7-20)27-14-12-21(13-15-27)31-24-16-22(29-2)10-11-23(24)25(28)26-19-8-9-19/h3-7,10-11,16,18-19,21H,8-9,12-15,17H2,1-2H3,(H,26,28)/t18-/m1/s1. The van der Waals surface area contributed by atoms with E-state index in [1.54, 1.807) is 13.2 Å². The summed E-state index contributed by atoms with van der Waals surface area (Å²) in [5.41, 5.74) is 0.583. The first-order valence-electron chi connectivity index (χ1n) is 11.2. The molecule has 31 heavy (non-hydrogen) atoms. The summed E-state index contributed by atoms with van der Waals surface area (Å²) in [5, 5.41) is 3.05. The Bertz CT molecular complexity index is 861. The summed E-state index contributed by atoms with van der Waals surface area (Å²) in [5.74, 6) is 2.14. The van der Waals surface area contributed by atoms with Crippen molar-refractivity contribution >= 4 is 5.91 Å². The van der Waals surface area contributed by atoms with Crippen molar-refractivity contribution in [2.24, 2.45) is 0 Å². The summed E-state index contributed by atoms with van der Waals surface area (Å²) in [4.78, 5) is 15.1. The Labute approximate surface area is 184 Å². The normalized spacial score (nSPS) is 18.3. The van der Waals surface area contributed by atoms with Gasteiger partial charge in [0.15, 0.2) is 0 Å². The number of carbonyl (C=O) groups excluding carboxylic acids is 1. The fraction of sp³-hybridized carbons (Fsp3) is 0.480. The number of ether oxygens (including phenoxy) is 3. The lowest BCUT2D eigenvalue weighted by Crippen LogP contribution is -2.45. The first kappa shape index (κ1) is 21.5. The van der Waals surface area contributed by atoms with Gasteiger partial charge in [-0.15, -0.1) is 0 Å². The molecular weight excluding hydrogens is 392 g/mol. The van der Waals surface area contributed by atoms with Crippen LogP contribution >= 0.6 is 0 Å². The SMILES string of the molecule is COc1ccc(C(=O)NC2CC2)c(OC2CCN([C@H](C)COc3ccccc3)CC2)c1. The van der Waals surface area contributed by atoms with Crippen LogP contribution in [0, 0.1) is 0 Å². The van der Waals surface area contributed by atoms with Crippen LogP contribution in [0.4, 0.5) is 0 Å². The number of methoxy groups -OCH3 is 1. The van der Waals surface area contributed by atoms with Gasteiger partial charge in [-0.25, -0.2) is 0 Å². The Balaban J connectivity index is 1.31. The Kier molecular flexibility index (Phi) is 6.97. The van der Waals surface area contributed by atoms with E-state index in [4.69, 9.17) is 14.2 Å². The Morgan fingerprint density at radius 2 is 1.81 bits per heavy atom. The summed E-state index contributed by atoms with van der Waals surface area (Å²) in [7, 11) is 1.63. The monoisotopic (exact) mass is 424 g/mol. The molecule has 0 bridgehead atoms. The number of rotatable bonds is 9. The van der Waals surface area contributed by atoms with Crippen molar-refractivity contribution in [3.8, 4) is 17.2 Å². The topological polar surface area (TPSA) is 60.0 Å². The largest absolute Gasteiger partial charge is 0.497 e. The number of para-hydroxylation sites is 1. The highest BCUT2D eigenvalue weighted by Gasteiger charge is 2.28. The number of hydrogen-bond donors (Lipinski definition) is 1. The van der Waals surface area contributed by atoms with E-state index in [-0.39, 0.29) is 12.0 Å². The average Bonchev–Trinajstić information content (AvgIpc) is 3.62. The molecule has 2 aromatic rings. The third kappa shape index (κ3) is 5.91. The predicted octanol–water partition coefficient (Wildman–Crippen LogP) is 3.90. The van der Waals surface area contributed by atoms with Crippen molar-refractivity contribution in [1.82, 2.24) is 10.2 Å². The van der Waals surface area contributed by atoms with E-state index in [9.17, 15) is 4.79 Å². The number of hydrogen-bond acceptors (Lipinski definition) is 5. The van der Waals surface area contributed by atoms with E-state index in [1.165, 1.54) is 0 Å². The maximum atomic E-state index is 12.6. The molecule has 2 fully saturated rings. The van der Waals surface area contributed by atoms with E-state index in [0.717, 1.165) is 44.5 Å². The van der Waals surface area contributed by atoms with Gasteiger partial charge in [0, 0.05) is 31.2 Å². The summed E-state index contributed by atoms with van der Waals surface area (Å²) in [6.45, 7) is 4.75. The lowest BCUT2D eigenvalue weighted by molar-refractivity contribution is 0.0627. The van der Waals surface area contributed by atoms with Gasteiger partial charge in [0.05, 0.1) is 12.7 Å². The molecule has 1 heterocycles. The Morgan fingerprint density at radius 3 is 2.48 bits per heavy atom. The van der Waals surface area contributed by atoms with Gasteiger partial charge in [-0.3, -0.25) is 9.69 Å². The second-order valence-electron chi connectivity index (χ2n) is 8.44. The highest BCUT2D eigenvalue weighted by Crippen LogP contribution is 2.29. The van der Waals surface area contributed by atoms with Gasteiger partial charge in [-0.05, 0) is 56.9 Å². The van der Waals surface area contributed by atoms with E-state index >= 15 is 0 Å². The predicted molar refractivity (Wildman–Crippen MR) is 120 cm³/mol. The maximum Gasteiger partial charge on any atom is 0.255 e. The Hall–Kier alpha value is -2.73. The fourth-order valence-corrected chi connectivity index (χ4v) is 3.86. The summed E-state index contributed by atoms with van der Waals surface area (Å²) in [6, 6.07) is 16.0. The first-order chi connectivity index (χ1) is 15.1. The average molecular weight is 425 g/mol. The van der Waals surface area contributed by atoms with Gasteiger partial charge in [-0.1, -0.05) is 18.2 Å². The summed E-state index contributed by atoms with van der Waals surface area (Å²) >= 11 is 0. The number of piperidine rings is 1. The van der Waals surface area contributed by atoms with Crippen LogP contribution in [0.15, 0.2) is 48.5 Å². The van der Waals surface area contributed by atoms with Crippen LogP contribution in [0.25, 0.3) is 0 Å². The number of nitrogens with zero attached hydrogens (tertiary/aromatic N) is 1. The molecular formula is C25H32N2O4. The highest BCUT2D eigenvalue weighted by atomic mass is 16.5. The van der Waals surface area contributed by atoms with E-state index < -0.39 is 0 Å². The molecule has 4 rings (SSSR count). The molecule has 0 radical (unpaired) electrons. The molecule has 1 N–H and O–H groups in total. The van der Waals surface area contributed by atoms with Crippen LogP contribution < -0.4 is 19.5 Å². The van der Waals surface area contributed by atoms with E-state index in [0.29, 0.717) is 35.8 Å². The maximum absolute atomic E-state index is 12.6. The number of amides is 1. The molecule has 2 aliphatic rings. The molecule has 1 amide bonds. The summed E-state index contributed by atoms with van der Waals surface area (Å²) < 4.78 is 17.6. The molecule has 1 atom stereocenters. The molecule has 2 aromatic carbocycles. The molecule has 1 aliphatic carbocycles. The zero-order valence-corrected chi connectivity index (χ0v) is 18.4. The third-order valence-electron chi connectivity index (χ3n) is 5.97. The van der Waals surface area contributed by atoms with Crippen molar-refractivity contribution in [2.75, 3.05) is 26.8 Å². The Morgan fingerprint density at radius 1 is 1.06 bits per heavy atom. The van der Waals surface area contributed by atoms with Crippen molar-refractivity contribution in [3.05, 3.63) is 54.1 Å². The molecule has 0 unspecified atom stereocenters. The van der Waals surface area contributed by atoms with E-state index in [2.05, 4.69) is 17.1 Å². The van der Waals surface area contributed by atoms with Gasteiger partial charge >= 0.3 is 0 Å². The second-order valence-corrected chi connectivity index (χ2v) is 8.44. The van der Waals surface area contributed by atoms with Crippen molar-refractivity contribution in [2.45, 2.75) is 50.8 Å². The molecule has 6 nitrogen and oxygen atoms in total. The molecule has 6 heteroatoms. The minimum absolute atomic E-state index is 0.0655. The quantitative estimate of drug-likeness (QED) is 0.662. The lowest BCUT2D eigenvalue weighted by Gasteiger charge is -2.36. The van der Waals surface area contributed by atoms with Gasteiger partial charge in [-0.2, -0.15) is 0 Å². The van der Waals surface area contributed by atoms with E-state index in [1.807, 2.05) is 42.5 Å². The zero-order valence-electron chi connectivity index (χ0n) is 18.4. The van der Waals surface area contributed by atoms with Crippen LogP contribution in [-0.4, -0.2) is 55.8 Å². The van der Waals surface area contributed by atoms with Gasteiger partial charge < -0.3 is 19.5 Å². The van der Waals surface area contributed by atoms with Crippen LogP contribution in [0.1, 0.15) is 43.0 Å². The van der Waals surface area contributed by atoms with Gasteiger partial charge in [0.2, 0.25) is 0 Å². The minimum atomic E-state index is -0.0655. The number of carbonyl (C=O) groups is 1. The van der Waals surface area contributed by atoms with Crippen LogP contribution in [0.2, 0.25) is 0 Å². The molecule has 166 valence electrons. The number of nitrogens with one attached hydrogen (secondary N) is 1. The minimum Gasteiger partial charge on any atom is -0.497 e. The van der Waals surface area contributed by atoms with Crippen LogP contribution in [-0.2, 0) is 0 Å². The van der Waals surface area contributed by atoms with Gasteiger partial charge in [0.25, 0.3) is 5.91 Å². The first-order valence-corrected chi connectivity index (χ1v) is 11.2. The highest BCUT2D eigenvalue weighted by molar-refractivity contribution is 5.97.